The molecule has 3 heterocycles. The van der Waals surface area contributed by atoms with Gasteiger partial charge in [-0.2, -0.15) is 14.7 Å². The first kappa shape index (κ1) is 13.4. The molecule has 0 amide bonds. The highest BCUT2D eigenvalue weighted by atomic mass is 79.9. The highest BCUT2D eigenvalue weighted by Crippen LogP contribution is 2.31. The zero-order chi connectivity index (χ0) is 15.1. The number of nitrogens with zero attached hydrogens (tertiary/aromatic N) is 5. The van der Waals surface area contributed by atoms with Gasteiger partial charge in [0.05, 0.1) is 17.8 Å². The number of methoxy groups -OCH3 is 1. The van der Waals surface area contributed by atoms with E-state index >= 15 is 0 Å². The minimum atomic E-state index is 0.691. The second kappa shape index (κ2) is 5.18. The molecule has 0 aliphatic rings. The Hall–Kier alpha value is -2.26. The lowest BCUT2D eigenvalue weighted by Crippen LogP contribution is -1.91. The monoisotopic (exact) mass is 376 g/mol. The van der Waals surface area contributed by atoms with Crippen molar-refractivity contribution in [2.75, 3.05) is 7.11 Å². The molecule has 0 saturated carbocycles. The average Bonchev–Trinajstić information content (AvgIpc) is 3.22. The second-order valence-corrected chi connectivity index (χ2v) is 6.26. The quantitative estimate of drug-likeness (QED) is 0.594. The summed E-state index contributed by atoms with van der Waals surface area (Å²) in [7, 11) is 1.64. The Morgan fingerprint density at radius 3 is 2.73 bits per heavy atom. The fraction of sp³-hybridized carbons (Fsp3) is 0.0769. The van der Waals surface area contributed by atoms with E-state index in [1.807, 2.05) is 24.3 Å². The van der Waals surface area contributed by atoms with Crippen molar-refractivity contribution in [1.29, 1.82) is 0 Å². The van der Waals surface area contributed by atoms with Gasteiger partial charge in [0, 0.05) is 5.56 Å². The van der Waals surface area contributed by atoms with Crippen LogP contribution in [-0.4, -0.2) is 37.1 Å². The van der Waals surface area contributed by atoms with E-state index in [0.29, 0.717) is 5.82 Å². The van der Waals surface area contributed by atoms with Crippen LogP contribution in [0.3, 0.4) is 0 Å². The molecule has 0 unspecified atom stereocenters. The number of nitrogens with one attached hydrogen (secondary N) is 1. The number of hydrogen-bond acceptors (Lipinski definition) is 6. The Kier molecular flexibility index (Phi) is 3.16. The first-order chi connectivity index (χ1) is 10.8. The molecule has 4 rings (SSSR count). The first-order valence-corrected chi connectivity index (χ1v) is 7.93. The molecule has 9 heteroatoms. The van der Waals surface area contributed by atoms with Crippen molar-refractivity contribution < 1.29 is 4.74 Å². The maximum absolute atomic E-state index is 5.17. The Bertz CT molecular complexity index is 941. The van der Waals surface area contributed by atoms with Gasteiger partial charge < -0.3 is 4.74 Å². The van der Waals surface area contributed by atoms with Crippen molar-refractivity contribution in [3.8, 4) is 27.8 Å². The SMILES string of the molecule is COc1ccc(-c2nnc3sc(-c4[nH]ncc4Br)nn23)cc1. The van der Waals surface area contributed by atoms with Gasteiger partial charge in [-0.25, -0.2) is 0 Å². The third-order valence-electron chi connectivity index (χ3n) is 3.15. The topological polar surface area (TPSA) is 81.0 Å². The van der Waals surface area contributed by atoms with E-state index in [9.17, 15) is 0 Å². The van der Waals surface area contributed by atoms with Crippen molar-refractivity contribution >= 4 is 32.2 Å². The summed E-state index contributed by atoms with van der Waals surface area (Å²) in [5.41, 5.74) is 1.75. The number of fused-ring (bicyclic) bond motifs is 1. The number of aromatic amines is 1. The van der Waals surface area contributed by atoms with Gasteiger partial charge in [-0.15, -0.1) is 10.2 Å². The van der Waals surface area contributed by atoms with Crippen LogP contribution in [0.2, 0.25) is 0 Å². The van der Waals surface area contributed by atoms with E-state index in [0.717, 1.165) is 31.4 Å². The molecule has 0 fully saturated rings. The highest BCUT2D eigenvalue weighted by Gasteiger charge is 2.16. The molecular formula is C13H9BrN6OS. The van der Waals surface area contributed by atoms with Crippen molar-refractivity contribution in [2.24, 2.45) is 0 Å². The summed E-state index contributed by atoms with van der Waals surface area (Å²) in [4.78, 5) is 0.724. The highest BCUT2D eigenvalue weighted by molar-refractivity contribution is 9.10. The summed E-state index contributed by atoms with van der Waals surface area (Å²) in [6.45, 7) is 0. The molecule has 0 spiro atoms. The lowest BCUT2D eigenvalue weighted by molar-refractivity contribution is 0.415. The van der Waals surface area contributed by atoms with E-state index in [-0.39, 0.29) is 0 Å². The third-order valence-corrected chi connectivity index (χ3v) is 4.66. The summed E-state index contributed by atoms with van der Waals surface area (Å²) in [5, 5.41) is 20.7. The summed E-state index contributed by atoms with van der Waals surface area (Å²) in [6, 6.07) is 7.63. The van der Waals surface area contributed by atoms with Crippen molar-refractivity contribution in [3.63, 3.8) is 0 Å². The van der Waals surface area contributed by atoms with E-state index in [4.69, 9.17) is 4.74 Å². The predicted molar refractivity (Wildman–Crippen MR) is 85.9 cm³/mol. The molecule has 0 saturated heterocycles. The van der Waals surface area contributed by atoms with Crippen LogP contribution < -0.4 is 4.74 Å². The van der Waals surface area contributed by atoms with Gasteiger partial charge in [0.1, 0.15) is 11.4 Å². The van der Waals surface area contributed by atoms with Gasteiger partial charge in [-0.05, 0) is 40.2 Å². The van der Waals surface area contributed by atoms with E-state index in [1.54, 1.807) is 17.8 Å². The molecule has 4 aromatic rings. The predicted octanol–water partition coefficient (Wildman–Crippen LogP) is 3.01. The van der Waals surface area contributed by atoms with Gasteiger partial charge >= 0.3 is 0 Å². The van der Waals surface area contributed by atoms with E-state index in [1.165, 1.54) is 11.3 Å². The third kappa shape index (κ3) is 2.09. The van der Waals surface area contributed by atoms with Crippen LogP contribution in [0, 0.1) is 0 Å². The summed E-state index contributed by atoms with van der Waals surface area (Å²) in [6.07, 6.45) is 1.70. The molecule has 110 valence electrons. The molecule has 0 radical (unpaired) electrons. The molecule has 0 aliphatic heterocycles. The number of hydrogen-bond donors (Lipinski definition) is 1. The minimum absolute atomic E-state index is 0.691. The zero-order valence-electron chi connectivity index (χ0n) is 11.3. The molecule has 7 nitrogen and oxygen atoms in total. The number of H-pyrrole nitrogens is 1. The Morgan fingerprint density at radius 1 is 1.23 bits per heavy atom. The van der Waals surface area contributed by atoms with E-state index in [2.05, 4.69) is 41.4 Å². The maximum Gasteiger partial charge on any atom is 0.235 e. The van der Waals surface area contributed by atoms with Crippen LogP contribution in [0.5, 0.6) is 5.75 Å². The number of benzene rings is 1. The fourth-order valence-electron chi connectivity index (χ4n) is 2.06. The van der Waals surface area contributed by atoms with Gasteiger partial charge in [-0.3, -0.25) is 5.10 Å². The van der Waals surface area contributed by atoms with Crippen molar-refractivity contribution in [1.82, 2.24) is 30.0 Å². The number of aromatic nitrogens is 6. The smallest absolute Gasteiger partial charge is 0.235 e. The summed E-state index contributed by atoms with van der Waals surface area (Å²) in [5.74, 6) is 1.49. The Balaban J connectivity index is 1.82. The molecule has 3 aromatic heterocycles. The van der Waals surface area contributed by atoms with Crippen LogP contribution >= 0.6 is 27.3 Å². The Morgan fingerprint density at radius 2 is 2.05 bits per heavy atom. The normalized spacial score (nSPS) is 11.2. The van der Waals surface area contributed by atoms with Crippen molar-refractivity contribution in [2.45, 2.75) is 0 Å². The second-order valence-electron chi connectivity index (χ2n) is 4.45. The van der Waals surface area contributed by atoms with Crippen LogP contribution in [0.15, 0.2) is 34.9 Å². The molecule has 1 aromatic carbocycles. The van der Waals surface area contributed by atoms with E-state index < -0.39 is 0 Å². The molecular weight excluding hydrogens is 368 g/mol. The molecule has 0 aliphatic carbocycles. The summed E-state index contributed by atoms with van der Waals surface area (Å²) >= 11 is 4.89. The lowest BCUT2D eigenvalue weighted by atomic mass is 10.2. The minimum Gasteiger partial charge on any atom is -0.497 e. The van der Waals surface area contributed by atoms with Gasteiger partial charge in [-0.1, -0.05) is 11.3 Å². The number of halogens is 1. The summed E-state index contributed by atoms with van der Waals surface area (Å²) < 4.78 is 7.76. The lowest BCUT2D eigenvalue weighted by Gasteiger charge is -2.00. The van der Waals surface area contributed by atoms with Crippen LogP contribution in [0.1, 0.15) is 0 Å². The number of rotatable bonds is 3. The van der Waals surface area contributed by atoms with Gasteiger partial charge in [0.15, 0.2) is 10.8 Å². The van der Waals surface area contributed by atoms with Crippen LogP contribution in [0.4, 0.5) is 0 Å². The van der Waals surface area contributed by atoms with Crippen LogP contribution in [-0.2, 0) is 0 Å². The Labute approximate surface area is 137 Å². The molecule has 0 bridgehead atoms. The standard InChI is InChI=1S/C13H9BrN6OS/c1-21-8-4-2-7(3-5-8)11-17-18-13-20(11)19-12(22-13)10-9(14)6-15-16-10/h2-6H,1H3,(H,15,16). The zero-order valence-corrected chi connectivity index (χ0v) is 13.7. The largest absolute Gasteiger partial charge is 0.497 e. The van der Waals surface area contributed by atoms with Gasteiger partial charge in [0.2, 0.25) is 4.96 Å². The fourth-order valence-corrected chi connectivity index (χ4v) is 3.42. The van der Waals surface area contributed by atoms with Crippen molar-refractivity contribution in [3.05, 3.63) is 34.9 Å². The molecule has 22 heavy (non-hydrogen) atoms. The first-order valence-electron chi connectivity index (χ1n) is 6.32. The van der Waals surface area contributed by atoms with Gasteiger partial charge in [0.25, 0.3) is 0 Å². The number of ether oxygens (including phenoxy) is 1. The maximum atomic E-state index is 5.17. The molecule has 0 atom stereocenters. The van der Waals surface area contributed by atoms with Crippen LogP contribution in [0.25, 0.3) is 27.1 Å². The molecule has 1 N–H and O–H groups in total. The average molecular weight is 377 g/mol.